The molecular formula is C48H31NO2. The summed E-state index contributed by atoms with van der Waals surface area (Å²) in [6.07, 6.45) is 0. The first-order valence-corrected chi connectivity index (χ1v) is 17.3. The van der Waals surface area contributed by atoms with Crippen LogP contribution < -0.4 is 4.90 Å². The van der Waals surface area contributed by atoms with Gasteiger partial charge in [0, 0.05) is 33.1 Å². The van der Waals surface area contributed by atoms with Crippen LogP contribution in [0.5, 0.6) is 0 Å². The Kier molecular flexibility index (Phi) is 6.81. The van der Waals surface area contributed by atoms with E-state index >= 15 is 0 Å². The zero-order chi connectivity index (χ0) is 33.7. The van der Waals surface area contributed by atoms with Crippen LogP contribution in [-0.2, 0) is 0 Å². The molecule has 0 atom stereocenters. The minimum Gasteiger partial charge on any atom is -0.456 e. The van der Waals surface area contributed by atoms with E-state index < -0.39 is 0 Å². The first-order valence-electron chi connectivity index (χ1n) is 17.3. The van der Waals surface area contributed by atoms with Crippen molar-refractivity contribution in [2.45, 2.75) is 0 Å². The van der Waals surface area contributed by atoms with Crippen molar-refractivity contribution in [3.8, 4) is 33.4 Å². The van der Waals surface area contributed by atoms with Crippen molar-refractivity contribution in [3.63, 3.8) is 0 Å². The monoisotopic (exact) mass is 653 g/mol. The number of rotatable bonds is 6. The van der Waals surface area contributed by atoms with Crippen molar-refractivity contribution in [3.05, 3.63) is 188 Å². The normalized spacial score (nSPS) is 11.5. The summed E-state index contributed by atoms with van der Waals surface area (Å²) in [7, 11) is 0. The second-order valence-corrected chi connectivity index (χ2v) is 12.9. The van der Waals surface area contributed by atoms with Gasteiger partial charge in [-0.25, -0.2) is 0 Å². The zero-order valence-corrected chi connectivity index (χ0v) is 27.7. The number of benzene rings is 8. The van der Waals surface area contributed by atoms with Crippen LogP contribution in [0, 0.1) is 0 Å². The highest BCUT2D eigenvalue weighted by atomic mass is 16.3. The summed E-state index contributed by atoms with van der Waals surface area (Å²) in [5.74, 6) is 0. The Morgan fingerprint density at radius 3 is 1.75 bits per heavy atom. The lowest BCUT2D eigenvalue weighted by molar-refractivity contribution is 0.669. The lowest BCUT2D eigenvalue weighted by Crippen LogP contribution is -2.10. The smallest absolute Gasteiger partial charge is 0.143 e. The minimum atomic E-state index is 0.860. The van der Waals surface area contributed by atoms with E-state index in [0.717, 1.165) is 77.6 Å². The third kappa shape index (κ3) is 4.98. The maximum atomic E-state index is 6.41. The molecule has 10 rings (SSSR count). The Labute approximate surface area is 295 Å². The van der Waals surface area contributed by atoms with Crippen molar-refractivity contribution in [2.24, 2.45) is 0 Å². The highest BCUT2D eigenvalue weighted by molar-refractivity contribution is 6.13. The number of anilines is 3. The lowest BCUT2D eigenvalue weighted by atomic mass is 9.98. The highest BCUT2D eigenvalue weighted by Gasteiger charge is 2.20. The van der Waals surface area contributed by atoms with Crippen molar-refractivity contribution < 1.29 is 8.83 Å². The summed E-state index contributed by atoms with van der Waals surface area (Å²) in [4.78, 5) is 2.35. The van der Waals surface area contributed by atoms with Gasteiger partial charge in [0.15, 0.2) is 0 Å². The van der Waals surface area contributed by atoms with Gasteiger partial charge >= 0.3 is 0 Å². The van der Waals surface area contributed by atoms with E-state index in [1.54, 1.807) is 0 Å². The molecule has 2 heterocycles. The van der Waals surface area contributed by atoms with Crippen molar-refractivity contribution in [2.75, 3.05) is 4.90 Å². The zero-order valence-electron chi connectivity index (χ0n) is 27.7. The van der Waals surface area contributed by atoms with Gasteiger partial charge in [0.05, 0.1) is 11.1 Å². The number of hydrogen-bond donors (Lipinski definition) is 0. The van der Waals surface area contributed by atoms with E-state index in [9.17, 15) is 0 Å². The number of hydrogen-bond acceptors (Lipinski definition) is 3. The van der Waals surface area contributed by atoms with Gasteiger partial charge in [-0.15, -0.1) is 0 Å². The molecule has 0 fully saturated rings. The fraction of sp³-hybridized carbons (Fsp3) is 0. The fourth-order valence-electron chi connectivity index (χ4n) is 7.47. The van der Waals surface area contributed by atoms with E-state index in [1.807, 2.05) is 24.3 Å². The molecule has 0 aliphatic rings. The molecule has 8 aromatic carbocycles. The van der Waals surface area contributed by atoms with Crippen LogP contribution >= 0.6 is 0 Å². The molecule has 240 valence electrons. The molecule has 2 aromatic heterocycles. The van der Waals surface area contributed by atoms with Gasteiger partial charge in [-0.3, -0.25) is 0 Å². The van der Waals surface area contributed by atoms with Gasteiger partial charge in [-0.2, -0.15) is 0 Å². The molecule has 10 aromatic rings. The molecule has 0 aliphatic carbocycles. The Bertz CT molecular complexity index is 2860. The largest absolute Gasteiger partial charge is 0.456 e. The summed E-state index contributed by atoms with van der Waals surface area (Å²) in [6, 6.07) is 66.2. The molecule has 0 spiro atoms. The number of para-hydroxylation sites is 3. The quantitative estimate of drug-likeness (QED) is 0.179. The molecule has 0 bridgehead atoms. The van der Waals surface area contributed by atoms with Crippen LogP contribution in [0.25, 0.3) is 77.3 Å². The average molecular weight is 654 g/mol. The first kappa shape index (κ1) is 29.1. The van der Waals surface area contributed by atoms with Gasteiger partial charge in [0.2, 0.25) is 0 Å². The standard InChI is InChI=1S/C48H31NO2/c1-2-12-32(13-3-1)34-14-8-15-35(30-34)36-16-9-17-38(31-36)49(43-22-11-25-46-47(43)42-19-5-7-24-45(42)50-46)37-28-26-33(27-29-37)39-20-10-21-41-40-18-4-6-23-44(40)51-48(39)41/h1-31H. The van der Waals surface area contributed by atoms with E-state index in [1.165, 1.54) is 16.7 Å². The molecule has 0 N–H and O–H groups in total. The summed E-state index contributed by atoms with van der Waals surface area (Å²) < 4.78 is 12.8. The van der Waals surface area contributed by atoms with Crippen LogP contribution in [0.1, 0.15) is 0 Å². The number of nitrogens with zero attached hydrogens (tertiary/aromatic N) is 1. The third-order valence-electron chi connectivity index (χ3n) is 9.87. The van der Waals surface area contributed by atoms with Crippen LogP contribution in [0.2, 0.25) is 0 Å². The fourth-order valence-corrected chi connectivity index (χ4v) is 7.47. The summed E-state index contributed by atoms with van der Waals surface area (Å²) in [5.41, 5.74) is 13.6. The lowest BCUT2D eigenvalue weighted by Gasteiger charge is -2.27. The summed E-state index contributed by atoms with van der Waals surface area (Å²) in [5, 5.41) is 4.43. The van der Waals surface area contributed by atoms with Gasteiger partial charge < -0.3 is 13.7 Å². The molecule has 0 aliphatic heterocycles. The minimum absolute atomic E-state index is 0.860. The van der Waals surface area contributed by atoms with E-state index in [2.05, 4.69) is 169 Å². The van der Waals surface area contributed by atoms with Gasteiger partial charge in [-0.1, -0.05) is 133 Å². The Morgan fingerprint density at radius 1 is 0.333 bits per heavy atom. The predicted molar refractivity (Wildman–Crippen MR) is 212 cm³/mol. The van der Waals surface area contributed by atoms with Gasteiger partial charge in [-0.05, 0) is 82.4 Å². The van der Waals surface area contributed by atoms with Crippen molar-refractivity contribution >= 4 is 60.9 Å². The Morgan fingerprint density at radius 2 is 0.922 bits per heavy atom. The molecule has 0 radical (unpaired) electrons. The second kappa shape index (κ2) is 11.9. The second-order valence-electron chi connectivity index (χ2n) is 12.9. The van der Waals surface area contributed by atoms with E-state index in [0.29, 0.717) is 0 Å². The van der Waals surface area contributed by atoms with Crippen LogP contribution in [0.15, 0.2) is 197 Å². The third-order valence-corrected chi connectivity index (χ3v) is 9.87. The Balaban J connectivity index is 1.13. The van der Waals surface area contributed by atoms with Crippen molar-refractivity contribution in [1.29, 1.82) is 0 Å². The molecule has 0 amide bonds. The predicted octanol–water partition coefficient (Wildman–Crippen LogP) is 14.0. The van der Waals surface area contributed by atoms with Crippen LogP contribution in [0.3, 0.4) is 0 Å². The first-order chi connectivity index (χ1) is 25.3. The average Bonchev–Trinajstić information content (AvgIpc) is 3.78. The topological polar surface area (TPSA) is 29.5 Å². The molecule has 51 heavy (non-hydrogen) atoms. The molecule has 0 saturated heterocycles. The highest BCUT2D eigenvalue weighted by Crippen LogP contribution is 2.44. The summed E-state index contributed by atoms with van der Waals surface area (Å²) in [6.45, 7) is 0. The van der Waals surface area contributed by atoms with Crippen molar-refractivity contribution in [1.82, 2.24) is 0 Å². The van der Waals surface area contributed by atoms with Crippen LogP contribution in [-0.4, -0.2) is 0 Å². The molecular weight excluding hydrogens is 623 g/mol. The maximum absolute atomic E-state index is 6.41. The van der Waals surface area contributed by atoms with Gasteiger partial charge in [0.25, 0.3) is 0 Å². The van der Waals surface area contributed by atoms with Crippen LogP contribution in [0.4, 0.5) is 17.1 Å². The molecule has 0 saturated carbocycles. The molecule has 3 heteroatoms. The maximum Gasteiger partial charge on any atom is 0.143 e. The molecule has 0 unspecified atom stereocenters. The number of furan rings is 2. The van der Waals surface area contributed by atoms with E-state index in [-0.39, 0.29) is 0 Å². The Hall–Kier alpha value is -6.84. The van der Waals surface area contributed by atoms with E-state index in [4.69, 9.17) is 8.83 Å². The van der Waals surface area contributed by atoms with Gasteiger partial charge in [0.1, 0.15) is 22.3 Å². The summed E-state index contributed by atoms with van der Waals surface area (Å²) >= 11 is 0. The molecule has 3 nitrogen and oxygen atoms in total. The SMILES string of the molecule is c1ccc(-c2cccc(-c3cccc(N(c4ccc(-c5cccc6c5oc5ccccc56)cc4)c4cccc5oc6ccccc6c45)c3)c2)cc1. The number of fused-ring (bicyclic) bond motifs is 6.